The van der Waals surface area contributed by atoms with Gasteiger partial charge in [0.15, 0.2) is 0 Å². The second kappa shape index (κ2) is 5.48. The fourth-order valence-corrected chi connectivity index (χ4v) is 2.35. The summed E-state index contributed by atoms with van der Waals surface area (Å²) in [4.78, 5) is 14.5. The molecule has 1 saturated heterocycles. The van der Waals surface area contributed by atoms with Gasteiger partial charge in [0.2, 0.25) is 5.91 Å². The number of hydrogen-bond donors (Lipinski definition) is 1. The Hall–Kier alpha value is -0.830. The molecule has 1 amide bonds. The van der Waals surface area contributed by atoms with Crippen LogP contribution in [0.25, 0.3) is 0 Å². The van der Waals surface area contributed by atoms with Crippen LogP contribution in [0.1, 0.15) is 33.6 Å². The second-order valence-electron chi connectivity index (χ2n) is 4.90. The van der Waals surface area contributed by atoms with Crippen LogP contribution in [-0.2, 0) is 4.79 Å². The van der Waals surface area contributed by atoms with Gasteiger partial charge in [-0.1, -0.05) is 13.0 Å². The van der Waals surface area contributed by atoms with Crippen LogP contribution in [0.15, 0.2) is 12.7 Å². The van der Waals surface area contributed by atoms with E-state index in [1.54, 1.807) is 0 Å². The third-order valence-electron chi connectivity index (χ3n) is 3.58. The standard InChI is InChI=1S/C13H24N2O/c1-5-9-15(11(3)4)12(16)13(6-2)7-8-14-10-13/h5,11,14H,1,6-10H2,2-4H3. The molecule has 1 N–H and O–H groups in total. The van der Waals surface area contributed by atoms with Gasteiger partial charge in [-0.2, -0.15) is 0 Å². The Bertz CT molecular complexity index is 255. The quantitative estimate of drug-likeness (QED) is 0.722. The van der Waals surface area contributed by atoms with Crippen molar-refractivity contribution in [2.45, 2.75) is 39.7 Å². The van der Waals surface area contributed by atoms with Gasteiger partial charge in [0.1, 0.15) is 0 Å². The van der Waals surface area contributed by atoms with Crippen LogP contribution < -0.4 is 5.32 Å². The molecule has 1 atom stereocenters. The van der Waals surface area contributed by atoms with E-state index in [1.165, 1.54) is 0 Å². The van der Waals surface area contributed by atoms with Crippen molar-refractivity contribution in [3.8, 4) is 0 Å². The van der Waals surface area contributed by atoms with Gasteiger partial charge in [0, 0.05) is 19.1 Å². The van der Waals surface area contributed by atoms with E-state index in [-0.39, 0.29) is 17.4 Å². The number of amides is 1. The summed E-state index contributed by atoms with van der Waals surface area (Å²) >= 11 is 0. The van der Waals surface area contributed by atoms with Crippen molar-refractivity contribution in [1.29, 1.82) is 0 Å². The Morgan fingerprint density at radius 2 is 2.31 bits per heavy atom. The number of carbonyl (C=O) groups excluding carboxylic acids is 1. The monoisotopic (exact) mass is 224 g/mol. The molecule has 0 spiro atoms. The summed E-state index contributed by atoms with van der Waals surface area (Å²) in [5.41, 5.74) is -0.173. The van der Waals surface area contributed by atoms with Crippen LogP contribution in [0, 0.1) is 5.41 Å². The van der Waals surface area contributed by atoms with Gasteiger partial charge in [-0.3, -0.25) is 4.79 Å². The maximum Gasteiger partial charge on any atom is 0.230 e. The normalized spacial score (nSPS) is 24.8. The molecule has 3 heteroatoms. The largest absolute Gasteiger partial charge is 0.336 e. The smallest absolute Gasteiger partial charge is 0.230 e. The first kappa shape index (κ1) is 13.2. The molecule has 1 unspecified atom stereocenters. The van der Waals surface area contributed by atoms with Gasteiger partial charge in [0.25, 0.3) is 0 Å². The molecule has 92 valence electrons. The van der Waals surface area contributed by atoms with Crippen LogP contribution in [-0.4, -0.2) is 36.5 Å². The van der Waals surface area contributed by atoms with E-state index in [2.05, 4.69) is 32.7 Å². The van der Waals surface area contributed by atoms with Crippen molar-refractivity contribution in [2.75, 3.05) is 19.6 Å². The molecule has 1 rings (SSSR count). The van der Waals surface area contributed by atoms with Crippen LogP contribution in [0.4, 0.5) is 0 Å². The first-order valence-corrected chi connectivity index (χ1v) is 6.20. The molecule has 0 aliphatic carbocycles. The van der Waals surface area contributed by atoms with Crippen molar-refractivity contribution in [3.63, 3.8) is 0 Å². The summed E-state index contributed by atoms with van der Waals surface area (Å²) in [6.45, 7) is 12.4. The summed E-state index contributed by atoms with van der Waals surface area (Å²) in [7, 11) is 0. The van der Waals surface area contributed by atoms with Crippen LogP contribution >= 0.6 is 0 Å². The molecule has 0 aromatic rings. The van der Waals surface area contributed by atoms with Crippen LogP contribution in [0.2, 0.25) is 0 Å². The highest BCUT2D eigenvalue weighted by molar-refractivity contribution is 5.83. The van der Waals surface area contributed by atoms with Gasteiger partial charge >= 0.3 is 0 Å². The predicted octanol–water partition coefficient (Wildman–Crippen LogP) is 1.80. The van der Waals surface area contributed by atoms with E-state index in [9.17, 15) is 4.79 Å². The zero-order valence-corrected chi connectivity index (χ0v) is 10.8. The molecule has 0 radical (unpaired) electrons. The molecule has 1 aliphatic heterocycles. The number of hydrogen-bond acceptors (Lipinski definition) is 2. The average Bonchev–Trinajstić information content (AvgIpc) is 2.74. The van der Waals surface area contributed by atoms with Crippen molar-refractivity contribution in [2.24, 2.45) is 5.41 Å². The number of carbonyl (C=O) groups is 1. The molecule has 0 bridgehead atoms. The molecular weight excluding hydrogens is 200 g/mol. The average molecular weight is 224 g/mol. The Kier molecular flexibility index (Phi) is 4.54. The third kappa shape index (κ3) is 2.46. The fraction of sp³-hybridized carbons (Fsp3) is 0.769. The zero-order chi connectivity index (χ0) is 12.2. The minimum atomic E-state index is -0.173. The molecule has 0 aromatic heterocycles. The Morgan fingerprint density at radius 1 is 1.62 bits per heavy atom. The fourth-order valence-electron chi connectivity index (χ4n) is 2.35. The summed E-state index contributed by atoms with van der Waals surface area (Å²) in [5.74, 6) is 0.287. The lowest BCUT2D eigenvalue weighted by Crippen LogP contribution is -2.48. The summed E-state index contributed by atoms with van der Waals surface area (Å²) in [5, 5.41) is 3.31. The molecule has 0 aromatic carbocycles. The number of nitrogens with one attached hydrogen (secondary N) is 1. The third-order valence-corrected chi connectivity index (χ3v) is 3.58. The lowest BCUT2D eigenvalue weighted by molar-refractivity contribution is -0.142. The maximum atomic E-state index is 12.6. The van der Waals surface area contributed by atoms with Gasteiger partial charge < -0.3 is 10.2 Å². The molecule has 0 saturated carbocycles. The van der Waals surface area contributed by atoms with E-state index in [1.807, 2.05) is 11.0 Å². The topological polar surface area (TPSA) is 32.3 Å². The first-order chi connectivity index (χ1) is 7.57. The van der Waals surface area contributed by atoms with E-state index >= 15 is 0 Å². The van der Waals surface area contributed by atoms with E-state index in [4.69, 9.17) is 0 Å². The first-order valence-electron chi connectivity index (χ1n) is 6.20. The molecule has 16 heavy (non-hydrogen) atoms. The summed E-state index contributed by atoms with van der Waals surface area (Å²) < 4.78 is 0. The van der Waals surface area contributed by atoms with E-state index in [0.29, 0.717) is 6.54 Å². The van der Waals surface area contributed by atoms with Crippen molar-refractivity contribution in [3.05, 3.63) is 12.7 Å². The SMILES string of the molecule is C=CCN(C(=O)C1(CC)CCNC1)C(C)C. The molecule has 3 nitrogen and oxygen atoms in total. The summed E-state index contributed by atoms with van der Waals surface area (Å²) in [6.07, 6.45) is 3.69. The van der Waals surface area contributed by atoms with Crippen LogP contribution in [0.3, 0.4) is 0 Å². The number of nitrogens with zero attached hydrogens (tertiary/aromatic N) is 1. The minimum Gasteiger partial charge on any atom is -0.336 e. The maximum absolute atomic E-state index is 12.6. The molecule has 1 fully saturated rings. The second-order valence-corrected chi connectivity index (χ2v) is 4.90. The van der Waals surface area contributed by atoms with Gasteiger partial charge in [-0.05, 0) is 33.2 Å². The van der Waals surface area contributed by atoms with Gasteiger partial charge in [-0.15, -0.1) is 6.58 Å². The molecule has 1 aliphatic rings. The van der Waals surface area contributed by atoms with Crippen LogP contribution in [0.5, 0.6) is 0 Å². The highest BCUT2D eigenvalue weighted by Gasteiger charge is 2.42. The summed E-state index contributed by atoms with van der Waals surface area (Å²) in [6, 6.07) is 0.245. The Labute approximate surface area is 98.9 Å². The van der Waals surface area contributed by atoms with Gasteiger partial charge in [0.05, 0.1) is 5.41 Å². The lowest BCUT2D eigenvalue weighted by atomic mass is 9.82. The highest BCUT2D eigenvalue weighted by Crippen LogP contribution is 2.32. The van der Waals surface area contributed by atoms with Crippen molar-refractivity contribution in [1.82, 2.24) is 10.2 Å². The van der Waals surface area contributed by atoms with E-state index < -0.39 is 0 Å². The Morgan fingerprint density at radius 3 is 2.69 bits per heavy atom. The molecule has 1 heterocycles. The molecular formula is C13H24N2O. The Balaban J connectivity index is 2.83. The van der Waals surface area contributed by atoms with Gasteiger partial charge in [-0.25, -0.2) is 0 Å². The van der Waals surface area contributed by atoms with Crippen molar-refractivity contribution < 1.29 is 4.79 Å². The van der Waals surface area contributed by atoms with Crippen molar-refractivity contribution >= 4 is 5.91 Å². The highest BCUT2D eigenvalue weighted by atomic mass is 16.2. The predicted molar refractivity (Wildman–Crippen MR) is 67.3 cm³/mol. The minimum absolute atomic E-state index is 0.173. The zero-order valence-electron chi connectivity index (χ0n) is 10.8. The lowest BCUT2D eigenvalue weighted by Gasteiger charge is -2.35. The number of rotatable bonds is 5. The van der Waals surface area contributed by atoms with E-state index in [0.717, 1.165) is 25.9 Å².